The third-order valence-corrected chi connectivity index (χ3v) is 4.02. The van der Waals surface area contributed by atoms with E-state index in [1.54, 1.807) is 30.6 Å². The number of nitrogens with zero attached hydrogens (tertiary/aromatic N) is 6. The number of rotatable bonds is 1. The van der Waals surface area contributed by atoms with Crippen molar-refractivity contribution in [3.8, 4) is 0 Å². The molecule has 0 aliphatic carbocycles. The van der Waals surface area contributed by atoms with Crippen molar-refractivity contribution in [2.24, 2.45) is 0 Å². The van der Waals surface area contributed by atoms with Gasteiger partial charge in [-0.25, -0.2) is 14.8 Å². The molecule has 6 N–H and O–H groups in total. The summed E-state index contributed by atoms with van der Waals surface area (Å²) in [5.74, 6) is -0.536. The Hall–Kier alpha value is -3.44. The van der Waals surface area contributed by atoms with Gasteiger partial charge < -0.3 is 31.7 Å². The molecule has 3 rings (SSSR count). The Bertz CT molecular complexity index is 933. The molecular weight excluding hydrogens is 366 g/mol. The van der Waals surface area contributed by atoms with E-state index in [1.807, 2.05) is 0 Å². The lowest BCUT2D eigenvalue weighted by Crippen LogP contribution is -2.51. The molecule has 2 amide bonds. The van der Waals surface area contributed by atoms with Crippen LogP contribution in [0.1, 0.15) is 31.3 Å². The third kappa shape index (κ3) is 3.94. The largest absolute Gasteiger partial charge is 0.444 e. The lowest BCUT2D eigenvalue weighted by atomic mass is 10.2. The number of carbonyl (C=O) groups is 2. The molecule has 2 aromatic heterocycles. The number of aromatic nitrogens is 4. The highest BCUT2D eigenvalue weighted by atomic mass is 16.6. The Morgan fingerprint density at radius 3 is 2.11 bits per heavy atom. The van der Waals surface area contributed by atoms with Crippen molar-refractivity contribution >= 4 is 40.7 Å². The summed E-state index contributed by atoms with van der Waals surface area (Å²) >= 11 is 0. The average molecular weight is 389 g/mol. The predicted octanol–water partition coefficient (Wildman–Crippen LogP) is -0.141. The van der Waals surface area contributed by atoms with Gasteiger partial charge in [0.05, 0.1) is 0 Å². The zero-order valence-corrected chi connectivity index (χ0v) is 16.0. The summed E-state index contributed by atoms with van der Waals surface area (Å²) in [5.41, 5.74) is 16.9. The molecule has 1 aliphatic heterocycles. The van der Waals surface area contributed by atoms with Gasteiger partial charge in [-0.3, -0.25) is 4.79 Å². The SMILES string of the molecule is CC(C)(C)OC(=O)N1CCN(C(=O)c2nc3c(N)nc(N)nc3nc2N)CC1. The zero-order chi connectivity index (χ0) is 20.6. The van der Waals surface area contributed by atoms with E-state index in [9.17, 15) is 9.59 Å². The summed E-state index contributed by atoms with van der Waals surface area (Å²) < 4.78 is 5.35. The summed E-state index contributed by atoms with van der Waals surface area (Å²) in [5, 5.41) is 0. The van der Waals surface area contributed by atoms with Crippen molar-refractivity contribution in [3.63, 3.8) is 0 Å². The Morgan fingerprint density at radius 2 is 1.50 bits per heavy atom. The van der Waals surface area contributed by atoms with E-state index >= 15 is 0 Å². The van der Waals surface area contributed by atoms with Gasteiger partial charge in [-0.05, 0) is 20.8 Å². The first kappa shape index (κ1) is 19.3. The fraction of sp³-hybridized carbons (Fsp3) is 0.500. The molecular formula is C16H23N9O3. The Labute approximate surface area is 161 Å². The van der Waals surface area contributed by atoms with Gasteiger partial charge in [-0.1, -0.05) is 0 Å². The predicted molar refractivity (Wildman–Crippen MR) is 102 cm³/mol. The number of hydrogen-bond donors (Lipinski definition) is 3. The van der Waals surface area contributed by atoms with Gasteiger partial charge in [0.15, 0.2) is 28.5 Å². The highest BCUT2D eigenvalue weighted by molar-refractivity contribution is 5.99. The molecule has 150 valence electrons. The van der Waals surface area contributed by atoms with Crippen molar-refractivity contribution in [3.05, 3.63) is 5.69 Å². The van der Waals surface area contributed by atoms with Gasteiger partial charge in [0.1, 0.15) is 5.60 Å². The Kier molecular flexibility index (Phi) is 4.79. The number of nitrogens with two attached hydrogens (primary N) is 3. The molecule has 2 aromatic rings. The maximum absolute atomic E-state index is 12.9. The number of amides is 2. The number of anilines is 3. The third-order valence-electron chi connectivity index (χ3n) is 4.02. The van der Waals surface area contributed by atoms with Crippen LogP contribution in [0.2, 0.25) is 0 Å². The highest BCUT2D eigenvalue weighted by Crippen LogP contribution is 2.20. The first-order valence-corrected chi connectivity index (χ1v) is 8.68. The Balaban J connectivity index is 1.75. The van der Waals surface area contributed by atoms with Crippen LogP contribution in [0.15, 0.2) is 0 Å². The van der Waals surface area contributed by atoms with E-state index in [2.05, 4.69) is 19.9 Å². The first-order chi connectivity index (χ1) is 13.0. The normalized spacial score (nSPS) is 15.0. The van der Waals surface area contributed by atoms with Gasteiger partial charge in [-0.2, -0.15) is 9.97 Å². The summed E-state index contributed by atoms with van der Waals surface area (Å²) in [6.07, 6.45) is -0.410. The summed E-state index contributed by atoms with van der Waals surface area (Å²) in [4.78, 5) is 44.1. The second-order valence-electron chi connectivity index (χ2n) is 7.36. The van der Waals surface area contributed by atoms with Crippen LogP contribution < -0.4 is 17.2 Å². The second kappa shape index (κ2) is 6.94. The minimum absolute atomic E-state index is 0.0128. The average Bonchev–Trinajstić information content (AvgIpc) is 2.59. The van der Waals surface area contributed by atoms with E-state index < -0.39 is 17.6 Å². The van der Waals surface area contributed by atoms with E-state index in [0.29, 0.717) is 26.2 Å². The van der Waals surface area contributed by atoms with Crippen LogP contribution in [0.4, 0.5) is 22.4 Å². The number of ether oxygens (including phenoxy) is 1. The van der Waals surface area contributed by atoms with Crippen molar-refractivity contribution in [2.45, 2.75) is 26.4 Å². The van der Waals surface area contributed by atoms with Crippen LogP contribution in [0.3, 0.4) is 0 Å². The molecule has 1 fully saturated rings. The minimum Gasteiger partial charge on any atom is -0.444 e. The van der Waals surface area contributed by atoms with Crippen LogP contribution >= 0.6 is 0 Å². The van der Waals surface area contributed by atoms with Crippen LogP contribution in [0, 0.1) is 0 Å². The number of fused-ring (bicyclic) bond motifs is 1. The van der Waals surface area contributed by atoms with Gasteiger partial charge in [0.2, 0.25) is 5.95 Å². The quantitative estimate of drug-likeness (QED) is 0.594. The molecule has 0 spiro atoms. The molecule has 28 heavy (non-hydrogen) atoms. The lowest BCUT2D eigenvalue weighted by Gasteiger charge is -2.35. The smallest absolute Gasteiger partial charge is 0.410 e. The lowest BCUT2D eigenvalue weighted by molar-refractivity contribution is 0.0140. The minimum atomic E-state index is -0.579. The molecule has 0 unspecified atom stereocenters. The molecule has 0 radical (unpaired) electrons. The van der Waals surface area contributed by atoms with Crippen molar-refractivity contribution < 1.29 is 14.3 Å². The number of piperazine rings is 1. The van der Waals surface area contributed by atoms with Crippen LogP contribution in [0.5, 0.6) is 0 Å². The monoisotopic (exact) mass is 389 g/mol. The van der Waals surface area contributed by atoms with Crippen LogP contribution in [-0.2, 0) is 4.74 Å². The molecule has 3 heterocycles. The molecule has 0 saturated carbocycles. The highest BCUT2D eigenvalue weighted by Gasteiger charge is 2.30. The molecule has 1 saturated heterocycles. The van der Waals surface area contributed by atoms with E-state index in [4.69, 9.17) is 21.9 Å². The fourth-order valence-corrected chi connectivity index (χ4v) is 2.72. The van der Waals surface area contributed by atoms with Crippen molar-refractivity contribution in [2.75, 3.05) is 43.4 Å². The van der Waals surface area contributed by atoms with Crippen molar-refractivity contribution in [1.29, 1.82) is 0 Å². The van der Waals surface area contributed by atoms with Crippen LogP contribution in [-0.4, -0.2) is 73.5 Å². The number of carbonyl (C=O) groups excluding carboxylic acids is 2. The molecule has 0 atom stereocenters. The molecule has 0 bridgehead atoms. The number of nitrogen functional groups attached to an aromatic ring is 3. The maximum Gasteiger partial charge on any atom is 0.410 e. The standard InChI is InChI=1S/C16H23N9O3/c1-16(2,3)28-15(27)25-6-4-24(5-7-25)13(26)9-11(18)21-12-8(20-9)10(17)22-14(19)23-12/h4-7H2,1-3H3,(H6,17,18,19,21,22,23). The fourth-order valence-electron chi connectivity index (χ4n) is 2.72. The van der Waals surface area contributed by atoms with Gasteiger partial charge >= 0.3 is 6.09 Å². The zero-order valence-electron chi connectivity index (χ0n) is 16.0. The maximum atomic E-state index is 12.9. The summed E-state index contributed by atoms with van der Waals surface area (Å²) in [6.45, 7) is 6.70. The number of hydrogen-bond acceptors (Lipinski definition) is 10. The molecule has 0 aromatic carbocycles. The van der Waals surface area contributed by atoms with E-state index in [-0.39, 0.29) is 34.4 Å². The summed E-state index contributed by atoms with van der Waals surface area (Å²) in [6, 6.07) is 0. The first-order valence-electron chi connectivity index (χ1n) is 8.68. The van der Waals surface area contributed by atoms with Gasteiger partial charge in [0.25, 0.3) is 5.91 Å². The van der Waals surface area contributed by atoms with Crippen molar-refractivity contribution in [1.82, 2.24) is 29.7 Å². The molecule has 12 nitrogen and oxygen atoms in total. The second-order valence-corrected chi connectivity index (χ2v) is 7.36. The molecule has 12 heteroatoms. The summed E-state index contributed by atoms with van der Waals surface area (Å²) in [7, 11) is 0. The van der Waals surface area contributed by atoms with E-state index in [1.165, 1.54) is 0 Å². The Morgan fingerprint density at radius 1 is 0.893 bits per heavy atom. The van der Waals surface area contributed by atoms with Crippen LogP contribution in [0.25, 0.3) is 11.2 Å². The molecule has 1 aliphatic rings. The van der Waals surface area contributed by atoms with Gasteiger partial charge in [0, 0.05) is 26.2 Å². The van der Waals surface area contributed by atoms with E-state index in [0.717, 1.165) is 0 Å². The topological polar surface area (TPSA) is 179 Å². The van der Waals surface area contributed by atoms with Gasteiger partial charge in [-0.15, -0.1) is 0 Å².